The third-order valence-corrected chi connectivity index (χ3v) is 4.89. The molecule has 1 aromatic carbocycles. The van der Waals surface area contributed by atoms with Crippen LogP contribution in [0.3, 0.4) is 0 Å². The van der Waals surface area contributed by atoms with Gasteiger partial charge in [0, 0.05) is 19.2 Å². The van der Waals surface area contributed by atoms with Crippen LogP contribution in [0.2, 0.25) is 10.0 Å². The molecule has 134 valence electrons. The molecule has 6 nitrogen and oxygen atoms in total. The van der Waals surface area contributed by atoms with Crippen molar-refractivity contribution in [2.45, 2.75) is 0 Å². The average molecular weight is 392 g/mol. The van der Waals surface area contributed by atoms with Gasteiger partial charge in [0.1, 0.15) is 11.4 Å². The van der Waals surface area contributed by atoms with Crippen molar-refractivity contribution in [3.05, 3.63) is 58.4 Å². The van der Waals surface area contributed by atoms with Crippen LogP contribution in [0.15, 0.2) is 47.1 Å². The maximum Gasteiger partial charge on any atom is 0.272 e. The number of ether oxygens (including phenoxy) is 1. The number of benzene rings is 1. The quantitative estimate of drug-likeness (QED) is 0.678. The zero-order valence-corrected chi connectivity index (χ0v) is 15.2. The molecule has 0 radical (unpaired) electrons. The van der Waals surface area contributed by atoms with E-state index in [9.17, 15) is 4.79 Å². The van der Waals surface area contributed by atoms with Crippen LogP contribution in [0, 0.1) is 0 Å². The third-order valence-electron chi connectivity index (χ3n) is 4.15. The van der Waals surface area contributed by atoms with E-state index in [1.807, 2.05) is 0 Å². The van der Waals surface area contributed by atoms with Gasteiger partial charge in [-0.15, -0.1) is 0 Å². The highest BCUT2D eigenvalue weighted by Gasteiger charge is 2.25. The summed E-state index contributed by atoms with van der Waals surface area (Å²) in [5.74, 6) is 0.463. The van der Waals surface area contributed by atoms with Crippen LogP contribution in [-0.4, -0.2) is 46.9 Å². The number of carbonyl (C=O) groups is 1. The van der Waals surface area contributed by atoms with Gasteiger partial charge in [0.15, 0.2) is 5.76 Å². The molecule has 1 aliphatic rings. The van der Waals surface area contributed by atoms with E-state index >= 15 is 0 Å². The molecule has 0 saturated carbocycles. The fourth-order valence-electron chi connectivity index (χ4n) is 2.82. The van der Waals surface area contributed by atoms with E-state index in [-0.39, 0.29) is 5.91 Å². The average Bonchev–Trinajstić information content (AvgIpc) is 3.33. The fraction of sp³-hybridized carbons (Fsp3) is 0.222. The monoisotopic (exact) mass is 391 g/mol. The fourth-order valence-corrected chi connectivity index (χ4v) is 3.11. The number of halogens is 2. The largest absolute Gasteiger partial charge is 0.463 e. The Morgan fingerprint density at radius 1 is 1.08 bits per heavy atom. The van der Waals surface area contributed by atoms with E-state index in [0.29, 0.717) is 59.2 Å². The van der Waals surface area contributed by atoms with E-state index < -0.39 is 0 Å². The summed E-state index contributed by atoms with van der Waals surface area (Å²) >= 11 is 12.2. The van der Waals surface area contributed by atoms with E-state index in [1.54, 1.807) is 52.2 Å². The van der Waals surface area contributed by atoms with Crippen molar-refractivity contribution in [3.63, 3.8) is 0 Å². The summed E-state index contributed by atoms with van der Waals surface area (Å²) in [6.07, 6.45) is 1.57. The SMILES string of the molecule is O=C(c1cc(-c2ccco2)nn1-c1ccc(Cl)c(Cl)c1)N1CCOCC1. The number of amides is 1. The lowest BCUT2D eigenvalue weighted by Gasteiger charge is -2.26. The minimum absolute atomic E-state index is 0.121. The molecule has 0 atom stereocenters. The third kappa shape index (κ3) is 3.23. The van der Waals surface area contributed by atoms with Gasteiger partial charge in [-0.25, -0.2) is 4.68 Å². The highest BCUT2D eigenvalue weighted by atomic mass is 35.5. The Bertz CT molecular complexity index is 931. The number of carbonyl (C=O) groups excluding carboxylic acids is 1. The van der Waals surface area contributed by atoms with Crippen LogP contribution >= 0.6 is 23.2 Å². The minimum atomic E-state index is -0.121. The van der Waals surface area contributed by atoms with Crippen molar-refractivity contribution in [3.8, 4) is 17.1 Å². The summed E-state index contributed by atoms with van der Waals surface area (Å²) in [6.45, 7) is 2.14. The molecule has 4 rings (SSSR count). The summed E-state index contributed by atoms with van der Waals surface area (Å²) < 4.78 is 12.3. The molecule has 0 N–H and O–H groups in total. The van der Waals surface area contributed by atoms with E-state index in [0.717, 1.165) is 0 Å². The Hall–Kier alpha value is -2.28. The molecular weight excluding hydrogens is 377 g/mol. The lowest BCUT2D eigenvalue weighted by Crippen LogP contribution is -2.41. The van der Waals surface area contributed by atoms with Crippen molar-refractivity contribution in [1.82, 2.24) is 14.7 Å². The van der Waals surface area contributed by atoms with Gasteiger partial charge in [-0.05, 0) is 30.3 Å². The Morgan fingerprint density at radius 2 is 1.88 bits per heavy atom. The number of hydrogen-bond acceptors (Lipinski definition) is 4. The Balaban J connectivity index is 1.80. The number of rotatable bonds is 3. The molecule has 1 saturated heterocycles. The van der Waals surface area contributed by atoms with Crippen molar-refractivity contribution in [2.24, 2.45) is 0 Å². The van der Waals surface area contributed by atoms with Crippen LogP contribution in [0.1, 0.15) is 10.5 Å². The number of furan rings is 1. The Kier molecular flexibility index (Phi) is 4.72. The molecule has 3 aromatic rings. The highest BCUT2D eigenvalue weighted by molar-refractivity contribution is 6.42. The van der Waals surface area contributed by atoms with Gasteiger partial charge in [-0.1, -0.05) is 23.2 Å². The second-order valence-electron chi connectivity index (χ2n) is 5.81. The molecule has 1 amide bonds. The van der Waals surface area contributed by atoms with Gasteiger partial charge in [-0.3, -0.25) is 4.79 Å². The van der Waals surface area contributed by atoms with Gasteiger partial charge >= 0.3 is 0 Å². The van der Waals surface area contributed by atoms with Crippen LogP contribution in [0.4, 0.5) is 0 Å². The van der Waals surface area contributed by atoms with Gasteiger partial charge in [0.25, 0.3) is 5.91 Å². The normalized spacial score (nSPS) is 14.6. The molecule has 0 bridgehead atoms. The van der Waals surface area contributed by atoms with Gasteiger partial charge in [0.05, 0.1) is 35.2 Å². The lowest BCUT2D eigenvalue weighted by molar-refractivity contribution is 0.0297. The lowest BCUT2D eigenvalue weighted by atomic mass is 10.2. The summed E-state index contributed by atoms with van der Waals surface area (Å²) in [5, 5.41) is 5.38. The smallest absolute Gasteiger partial charge is 0.272 e. The second-order valence-corrected chi connectivity index (χ2v) is 6.62. The molecule has 26 heavy (non-hydrogen) atoms. The Labute approximate surface area is 159 Å². The molecule has 8 heteroatoms. The zero-order chi connectivity index (χ0) is 18.1. The summed E-state index contributed by atoms with van der Waals surface area (Å²) in [4.78, 5) is 14.8. The van der Waals surface area contributed by atoms with Gasteiger partial charge < -0.3 is 14.1 Å². The molecule has 2 aromatic heterocycles. The first-order chi connectivity index (χ1) is 12.6. The topological polar surface area (TPSA) is 60.5 Å². The van der Waals surface area contributed by atoms with E-state index in [1.165, 1.54) is 0 Å². The molecule has 0 unspecified atom stereocenters. The van der Waals surface area contributed by atoms with Crippen molar-refractivity contribution < 1.29 is 13.9 Å². The zero-order valence-electron chi connectivity index (χ0n) is 13.7. The molecule has 0 spiro atoms. The summed E-state index contributed by atoms with van der Waals surface area (Å²) in [6, 6.07) is 10.4. The Morgan fingerprint density at radius 3 is 2.58 bits per heavy atom. The standard InChI is InChI=1S/C18H15Cl2N3O3/c19-13-4-3-12(10-14(13)20)23-16(18(24)22-5-8-25-9-6-22)11-15(21-23)17-2-1-7-26-17/h1-4,7,10-11H,5-6,8-9H2. The molecular formula is C18H15Cl2N3O3. The molecule has 1 fully saturated rings. The molecule has 0 aliphatic carbocycles. The van der Waals surface area contributed by atoms with E-state index in [4.69, 9.17) is 32.4 Å². The van der Waals surface area contributed by atoms with Crippen LogP contribution in [0.5, 0.6) is 0 Å². The van der Waals surface area contributed by atoms with Gasteiger partial charge in [0.2, 0.25) is 0 Å². The number of morpholine rings is 1. The first-order valence-corrected chi connectivity index (χ1v) is 8.85. The molecule has 3 heterocycles. The second kappa shape index (κ2) is 7.15. The predicted molar refractivity (Wildman–Crippen MR) is 98.0 cm³/mol. The van der Waals surface area contributed by atoms with Crippen LogP contribution < -0.4 is 0 Å². The first-order valence-electron chi connectivity index (χ1n) is 8.10. The summed E-state index contributed by atoms with van der Waals surface area (Å²) in [5.41, 5.74) is 1.64. The van der Waals surface area contributed by atoms with Gasteiger partial charge in [-0.2, -0.15) is 5.10 Å². The van der Waals surface area contributed by atoms with Crippen LogP contribution in [-0.2, 0) is 4.74 Å². The number of hydrogen-bond donors (Lipinski definition) is 0. The number of aromatic nitrogens is 2. The maximum atomic E-state index is 13.0. The van der Waals surface area contributed by atoms with Crippen LogP contribution in [0.25, 0.3) is 17.1 Å². The van der Waals surface area contributed by atoms with Crippen molar-refractivity contribution in [2.75, 3.05) is 26.3 Å². The minimum Gasteiger partial charge on any atom is -0.463 e. The predicted octanol–water partition coefficient (Wildman–Crippen LogP) is 3.91. The van der Waals surface area contributed by atoms with Crippen molar-refractivity contribution >= 4 is 29.1 Å². The highest BCUT2D eigenvalue weighted by Crippen LogP contribution is 2.27. The van der Waals surface area contributed by atoms with E-state index in [2.05, 4.69) is 5.10 Å². The summed E-state index contributed by atoms with van der Waals surface area (Å²) in [7, 11) is 0. The molecule has 1 aliphatic heterocycles. The van der Waals surface area contributed by atoms with Crippen molar-refractivity contribution in [1.29, 1.82) is 0 Å². The maximum absolute atomic E-state index is 13.0. The first kappa shape index (κ1) is 17.1. The number of nitrogens with zero attached hydrogens (tertiary/aromatic N) is 3.